The molecule has 6 nitrogen and oxygen atoms in total. The molecule has 30 heavy (non-hydrogen) atoms. The summed E-state index contributed by atoms with van der Waals surface area (Å²) >= 11 is 0. The molecule has 0 spiro atoms. The number of aromatic nitrogens is 1. The topological polar surface area (TPSA) is 61.6 Å². The van der Waals surface area contributed by atoms with E-state index in [0.29, 0.717) is 17.3 Å². The fourth-order valence-electron chi connectivity index (χ4n) is 3.89. The van der Waals surface area contributed by atoms with Gasteiger partial charge in [-0.1, -0.05) is 25.1 Å². The van der Waals surface area contributed by atoms with Crippen LogP contribution in [0.5, 0.6) is 0 Å². The number of piperazine rings is 1. The van der Waals surface area contributed by atoms with Crippen LogP contribution in [0.25, 0.3) is 11.5 Å². The minimum Gasteiger partial charge on any atom is -0.441 e. The van der Waals surface area contributed by atoms with Crippen LogP contribution in [0, 0.1) is 13.8 Å². The summed E-state index contributed by atoms with van der Waals surface area (Å²) in [6.07, 6.45) is 0. The summed E-state index contributed by atoms with van der Waals surface area (Å²) < 4.78 is 5.72. The number of anilines is 2. The van der Waals surface area contributed by atoms with Crippen molar-refractivity contribution in [1.29, 1.82) is 0 Å². The van der Waals surface area contributed by atoms with Crippen LogP contribution < -0.4 is 10.2 Å². The van der Waals surface area contributed by atoms with Gasteiger partial charge < -0.3 is 19.5 Å². The van der Waals surface area contributed by atoms with Gasteiger partial charge >= 0.3 is 0 Å². The summed E-state index contributed by atoms with van der Waals surface area (Å²) in [5, 5.41) is 2.96. The molecule has 156 valence electrons. The first kappa shape index (κ1) is 20.2. The van der Waals surface area contributed by atoms with Crippen molar-refractivity contribution >= 4 is 17.3 Å². The van der Waals surface area contributed by atoms with Crippen LogP contribution in [-0.4, -0.2) is 48.5 Å². The lowest BCUT2D eigenvalue weighted by Crippen LogP contribution is -2.46. The highest BCUT2D eigenvalue weighted by molar-refractivity contribution is 6.04. The number of nitrogens with zero attached hydrogens (tertiary/aromatic N) is 3. The predicted molar refractivity (Wildman–Crippen MR) is 120 cm³/mol. The van der Waals surface area contributed by atoms with E-state index in [-0.39, 0.29) is 5.91 Å². The number of amides is 1. The SMILES string of the molecule is CCN1CCN(c2ccc(NC(=O)c3nc(-c4ccccc4)oc3C)cc2C)CC1. The number of oxazole rings is 1. The van der Waals surface area contributed by atoms with Crippen LogP contribution >= 0.6 is 0 Å². The smallest absolute Gasteiger partial charge is 0.277 e. The van der Waals surface area contributed by atoms with E-state index in [2.05, 4.69) is 40.0 Å². The summed E-state index contributed by atoms with van der Waals surface area (Å²) in [7, 11) is 0. The second-order valence-electron chi connectivity index (χ2n) is 7.67. The molecule has 2 aromatic carbocycles. The Labute approximate surface area is 177 Å². The molecule has 1 amide bonds. The van der Waals surface area contributed by atoms with E-state index >= 15 is 0 Å². The van der Waals surface area contributed by atoms with Gasteiger partial charge in [-0.3, -0.25) is 4.79 Å². The average Bonchev–Trinajstić information content (AvgIpc) is 3.16. The molecule has 1 aliphatic heterocycles. The van der Waals surface area contributed by atoms with Gasteiger partial charge in [-0.05, 0) is 56.3 Å². The fraction of sp³-hybridized carbons (Fsp3) is 0.333. The van der Waals surface area contributed by atoms with Crippen molar-refractivity contribution in [2.24, 2.45) is 0 Å². The minimum atomic E-state index is -0.262. The number of carbonyl (C=O) groups excluding carboxylic acids is 1. The van der Waals surface area contributed by atoms with Crippen molar-refractivity contribution in [3.63, 3.8) is 0 Å². The van der Waals surface area contributed by atoms with Crippen molar-refractivity contribution in [2.45, 2.75) is 20.8 Å². The van der Waals surface area contributed by atoms with Gasteiger partial charge in [0.05, 0.1) is 0 Å². The largest absolute Gasteiger partial charge is 0.441 e. The number of aryl methyl sites for hydroxylation is 2. The van der Waals surface area contributed by atoms with Crippen molar-refractivity contribution < 1.29 is 9.21 Å². The van der Waals surface area contributed by atoms with E-state index in [1.165, 1.54) is 5.69 Å². The Morgan fingerprint density at radius 1 is 1.07 bits per heavy atom. The summed E-state index contributed by atoms with van der Waals surface area (Å²) in [6.45, 7) is 11.4. The van der Waals surface area contributed by atoms with E-state index in [1.54, 1.807) is 6.92 Å². The zero-order chi connectivity index (χ0) is 21.1. The van der Waals surface area contributed by atoms with E-state index in [0.717, 1.165) is 49.5 Å². The molecular formula is C24H28N4O2. The summed E-state index contributed by atoms with van der Waals surface area (Å²) in [5.41, 5.74) is 4.30. The molecule has 0 radical (unpaired) electrons. The fourth-order valence-corrected chi connectivity index (χ4v) is 3.89. The Morgan fingerprint density at radius 3 is 2.47 bits per heavy atom. The molecule has 4 rings (SSSR count). The number of rotatable bonds is 5. The van der Waals surface area contributed by atoms with Crippen molar-refractivity contribution in [2.75, 3.05) is 42.9 Å². The van der Waals surface area contributed by atoms with Crippen LogP contribution in [0.15, 0.2) is 52.9 Å². The van der Waals surface area contributed by atoms with Gasteiger partial charge in [0.25, 0.3) is 5.91 Å². The van der Waals surface area contributed by atoms with Gasteiger partial charge in [0.15, 0.2) is 5.69 Å². The van der Waals surface area contributed by atoms with Crippen molar-refractivity contribution in [3.05, 3.63) is 65.5 Å². The molecule has 0 aliphatic carbocycles. The molecule has 2 heterocycles. The number of benzene rings is 2. The number of carbonyl (C=O) groups is 1. The lowest BCUT2D eigenvalue weighted by molar-refractivity contribution is 0.102. The lowest BCUT2D eigenvalue weighted by atomic mass is 10.1. The van der Waals surface area contributed by atoms with E-state index in [4.69, 9.17) is 4.42 Å². The maximum atomic E-state index is 12.8. The van der Waals surface area contributed by atoms with Crippen LogP contribution in [0.2, 0.25) is 0 Å². The van der Waals surface area contributed by atoms with E-state index in [9.17, 15) is 4.79 Å². The lowest BCUT2D eigenvalue weighted by Gasteiger charge is -2.36. The van der Waals surface area contributed by atoms with Gasteiger partial charge in [-0.25, -0.2) is 4.98 Å². The Kier molecular flexibility index (Phi) is 5.86. The monoisotopic (exact) mass is 404 g/mol. The number of hydrogen-bond acceptors (Lipinski definition) is 5. The first-order valence-corrected chi connectivity index (χ1v) is 10.5. The number of likely N-dealkylation sites (N-methyl/N-ethyl adjacent to an activating group) is 1. The van der Waals surface area contributed by atoms with Crippen molar-refractivity contribution in [1.82, 2.24) is 9.88 Å². The molecule has 3 aromatic rings. The molecule has 1 saturated heterocycles. The van der Waals surface area contributed by atoms with Gasteiger partial charge in [0.2, 0.25) is 5.89 Å². The first-order valence-electron chi connectivity index (χ1n) is 10.5. The number of hydrogen-bond donors (Lipinski definition) is 1. The molecule has 0 atom stereocenters. The normalized spacial score (nSPS) is 14.7. The van der Waals surface area contributed by atoms with Gasteiger partial charge in [-0.2, -0.15) is 0 Å². The van der Waals surface area contributed by atoms with E-state index < -0.39 is 0 Å². The molecule has 0 saturated carbocycles. The molecule has 0 unspecified atom stereocenters. The molecule has 0 bridgehead atoms. The molecular weight excluding hydrogens is 376 g/mol. The predicted octanol–water partition coefficient (Wildman–Crippen LogP) is 4.35. The van der Waals surface area contributed by atoms with Crippen LogP contribution in [-0.2, 0) is 0 Å². The summed E-state index contributed by atoms with van der Waals surface area (Å²) in [6, 6.07) is 15.7. The maximum absolute atomic E-state index is 12.8. The second kappa shape index (κ2) is 8.71. The van der Waals surface area contributed by atoms with E-state index in [1.807, 2.05) is 42.5 Å². The second-order valence-corrected chi connectivity index (χ2v) is 7.67. The highest BCUT2D eigenvalue weighted by atomic mass is 16.4. The molecule has 1 aliphatic rings. The van der Waals surface area contributed by atoms with Gasteiger partial charge in [-0.15, -0.1) is 0 Å². The quantitative estimate of drug-likeness (QED) is 0.685. The Hall–Kier alpha value is -3.12. The first-order chi connectivity index (χ1) is 14.5. The molecule has 1 fully saturated rings. The Morgan fingerprint density at radius 2 is 1.80 bits per heavy atom. The third kappa shape index (κ3) is 4.24. The van der Waals surface area contributed by atoms with Crippen LogP contribution in [0.1, 0.15) is 28.7 Å². The average molecular weight is 405 g/mol. The number of nitrogens with one attached hydrogen (secondary N) is 1. The summed E-state index contributed by atoms with van der Waals surface area (Å²) in [5.74, 6) is 0.701. The Bertz CT molecular complexity index is 1020. The zero-order valence-electron chi connectivity index (χ0n) is 17.8. The molecule has 1 N–H and O–H groups in total. The third-order valence-electron chi connectivity index (χ3n) is 5.65. The maximum Gasteiger partial charge on any atom is 0.277 e. The summed E-state index contributed by atoms with van der Waals surface area (Å²) in [4.78, 5) is 22.1. The highest BCUT2D eigenvalue weighted by Crippen LogP contribution is 2.26. The third-order valence-corrected chi connectivity index (χ3v) is 5.65. The molecule has 1 aromatic heterocycles. The van der Waals surface area contributed by atoms with Crippen molar-refractivity contribution in [3.8, 4) is 11.5 Å². The molecule has 6 heteroatoms. The zero-order valence-corrected chi connectivity index (χ0v) is 17.8. The minimum absolute atomic E-state index is 0.262. The van der Waals surface area contributed by atoms with Gasteiger partial charge in [0.1, 0.15) is 5.76 Å². The van der Waals surface area contributed by atoms with Gasteiger partial charge in [0, 0.05) is 43.1 Å². The standard InChI is InChI=1S/C24H28N4O2/c1-4-27-12-14-28(15-13-27)21-11-10-20(16-17(21)2)25-23(29)22-18(3)30-24(26-22)19-8-6-5-7-9-19/h5-11,16H,4,12-15H2,1-3H3,(H,25,29). The highest BCUT2D eigenvalue weighted by Gasteiger charge is 2.20. The van der Waals surface area contributed by atoms with Crippen LogP contribution in [0.4, 0.5) is 11.4 Å². The van der Waals surface area contributed by atoms with Crippen LogP contribution in [0.3, 0.4) is 0 Å². The Balaban J connectivity index is 1.46.